The van der Waals surface area contributed by atoms with E-state index in [4.69, 9.17) is 5.10 Å². The number of fused-ring (bicyclic) bond motifs is 1. The highest BCUT2D eigenvalue weighted by Crippen LogP contribution is 2.28. The van der Waals surface area contributed by atoms with Crippen molar-refractivity contribution in [2.24, 2.45) is 5.92 Å². The van der Waals surface area contributed by atoms with Crippen molar-refractivity contribution in [3.63, 3.8) is 0 Å². The van der Waals surface area contributed by atoms with E-state index in [1.54, 1.807) is 6.20 Å². The highest BCUT2D eigenvalue weighted by molar-refractivity contribution is 7.80. The second-order valence-electron chi connectivity index (χ2n) is 6.38. The minimum Gasteiger partial charge on any atom is -0.396 e. The zero-order valence-electron chi connectivity index (χ0n) is 13.3. The highest BCUT2D eigenvalue weighted by Gasteiger charge is 2.24. The molecule has 0 aliphatic heterocycles. The lowest BCUT2D eigenvalue weighted by Crippen LogP contribution is -2.18. The van der Waals surface area contributed by atoms with Gasteiger partial charge in [-0.05, 0) is 43.4 Å². The van der Waals surface area contributed by atoms with Crippen LogP contribution < -0.4 is 5.32 Å². The zero-order valence-corrected chi connectivity index (χ0v) is 14.2. The average Bonchev–Trinajstić information content (AvgIpc) is 3.22. The van der Waals surface area contributed by atoms with Gasteiger partial charge in [0.25, 0.3) is 0 Å². The Morgan fingerprint density at radius 1 is 1.25 bits per heavy atom. The number of rotatable bonds is 4. The number of benzene rings is 1. The molecule has 1 aliphatic rings. The first-order valence-electron chi connectivity index (χ1n) is 8.24. The fraction of sp³-hybridized carbons (Fsp3) is 0.333. The number of aromatic nitrogens is 3. The summed E-state index contributed by atoms with van der Waals surface area (Å²) in [6, 6.07) is 12.3. The Morgan fingerprint density at radius 2 is 2.17 bits per heavy atom. The van der Waals surface area contributed by atoms with Crippen LogP contribution >= 0.6 is 12.6 Å². The maximum atomic E-state index is 9.31. The molecule has 5 nitrogen and oxygen atoms in total. The van der Waals surface area contributed by atoms with E-state index in [0.29, 0.717) is 12.0 Å². The van der Waals surface area contributed by atoms with Crippen molar-refractivity contribution in [1.82, 2.24) is 14.6 Å². The van der Waals surface area contributed by atoms with Crippen LogP contribution in [-0.4, -0.2) is 32.4 Å². The molecule has 0 unspecified atom stereocenters. The molecule has 6 heteroatoms. The predicted octanol–water partition coefficient (Wildman–Crippen LogP) is 3.26. The van der Waals surface area contributed by atoms with E-state index in [9.17, 15) is 5.11 Å². The van der Waals surface area contributed by atoms with Crippen LogP contribution in [0.15, 0.2) is 47.5 Å². The lowest BCUT2D eigenvalue weighted by Gasteiger charge is -2.14. The summed E-state index contributed by atoms with van der Waals surface area (Å²) in [5.74, 6) is 1.35. The Labute approximate surface area is 146 Å². The van der Waals surface area contributed by atoms with Crippen LogP contribution in [0.5, 0.6) is 0 Å². The first-order valence-corrected chi connectivity index (χ1v) is 8.69. The average molecular weight is 340 g/mol. The third-order valence-corrected chi connectivity index (χ3v) is 4.93. The van der Waals surface area contributed by atoms with Gasteiger partial charge in [0, 0.05) is 35.4 Å². The molecule has 2 N–H and O–H groups in total. The molecular weight excluding hydrogens is 320 g/mol. The normalized spacial score (nSPS) is 20.6. The third kappa shape index (κ3) is 2.99. The van der Waals surface area contributed by atoms with Crippen LogP contribution in [0.4, 0.5) is 5.82 Å². The maximum absolute atomic E-state index is 9.31. The molecule has 24 heavy (non-hydrogen) atoms. The Balaban J connectivity index is 1.65. The van der Waals surface area contributed by atoms with Gasteiger partial charge in [0.1, 0.15) is 5.82 Å². The smallest absolute Gasteiger partial charge is 0.157 e. The summed E-state index contributed by atoms with van der Waals surface area (Å²) in [5.41, 5.74) is 2.73. The number of thiol groups is 1. The molecule has 124 valence electrons. The van der Waals surface area contributed by atoms with Crippen LogP contribution in [-0.2, 0) is 0 Å². The summed E-state index contributed by atoms with van der Waals surface area (Å²) in [7, 11) is 0. The largest absolute Gasteiger partial charge is 0.396 e. The van der Waals surface area contributed by atoms with Crippen LogP contribution in [0.2, 0.25) is 0 Å². The molecule has 0 radical (unpaired) electrons. The van der Waals surface area contributed by atoms with E-state index in [0.717, 1.165) is 46.9 Å². The molecule has 1 aromatic carbocycles. The number of aliphatic hydroxyl groups excluding tert-OH is 1. The fourth-order valence-corrected chi connectivity index (χ4v) is 3.62. The molecule has 0 bridgehead atoms. The van der Waals surface area contributed by atoms with Crippen molar-refractivity contribution in [3.05, 3.63) is 42.6 Å². The van der Waals surface area contributed by atoms with Gasteiger partial charge < -0.3 is 10.4 Å². The van der Waals surface area contributed by atoms with Crippen molar-refractivity contribution >= 4 is 24.1 Å². The van der Waals surface area contributed by atoms with E-state index >= 15 is 0 Å². The van der Waals surface area contributed by atoms with Crippen LogP contribution in [0, 0.1) is 5.92 Å². The quantitative estimate of drug-likeness (QED) is 0.638. The highest BCUT2D eigenvalue weighted by atomic mass is 32.1. The number of anilines is 1. The summed E-state index contributed by atoms with van der Waals surface area (Å²) in [5, 5.41) is 17.6. The van der Waals surface area contributed by atoms with E-state index in [2.05, 4.69) is 22.9 Å². The number of nitrogens with zero attached hydrogens (tertiary/aromatic N) is 3. The molecule has 0 saturated heterocycles. The standard InChI is InChI=1S/C18H20N4OS/c23-11-12-4-5-14(8-12)20-17-6-7-19-18-10-16(21-22(17)18)13-2-1-3-15(24)9-13/h1-3,6-7,9-10,12,14,20,23-24H,4-5,8,11H2/t12-,14+/m1/s1. The van der Waals surface area contributed by atoms with Gasteiger partial charge in [-0.1, -0.05) is 12.1 Å². The lowest BCUT2D eigenvalue weighted by atomic mass is 10.1. The molecule has 0 spiro atoms. The fourth-order valence-electron chi connectivity index (χ4n) is 3.39. The minimum atomic E-state index is 0.274. The summed E-state index contributed by atoms with van der Waals surface area (Å²) >= 11 is 4.40. The van der Waals surface area contributed by atoms with Crippen LogP contribution in [0.1, 0.15) is 19.3 Å². The van der Waals surface area contributed by atoms with Gasteiger partial charge in [0.2, 0.25) is 0 Å². The van der Waals surface area contributed by atoms with E-state index in [-0.39, 0.29) is 6.61 Å². The first kappa shape index (κ1) is 15.5. The van der Waals surface area contributed by atoms with Gasteiger partial charge in [-0.15, -0.1) is 12.6 Å². The van der Waals surface area contributed by atoms with Crippen LogP contribution in [0.3, 0.4) is 0 Å². The molecule has 0 amide bonds. The first-order chi connectivity index (χ1) is 11.7. The predicted molar refractivity (Wildman–Crippen MR) is 97.5 cm³/mol. The maximum Gasteiger partial charge on any atom is 0.157 e. The Morgan fingerprint density at radius 3 is 2.96 bits per heavy atom. The molecular formula is C18H20N4OS. The number of hydrogen-bond donors (Lipinski definition) is 3. The molecule has 2 aromatic heterocycles. The molecule has 4 rings (SSSR count). The second-order valence-corrected chi connectivity index (χ2v) is 6.90. The van der Waals surface area contributed by atoms with Gasteiger partial charge >= 0.3 is 0 Å². The zero-order chi connectivity index (χ0) is 16.5. The molecule has 3 aromatic rings. The van der Waals surface area contributed by atoms with Gasteiger partial charge in [0.05, 0.1) is 5.69 Å². The lowest BCUT2D eigenvalue weighted by molar-refractivity contribution is 0.229. The van der Waals surface area contributed by atoms with Crippen molar-refractivity contribution in [2.45, 2.75) is 30.2 Å². The van der Waals surface area contributed by atoms with Crippen molar-refractivity contribution in [1.29, 1.82) is 0 Å². The molecule has 1 saturated carbocycles. The summed E-state index contributed by atoms with van der Waals surface area (Å²) in [6.07, 6.45) is 4.94. The summed E-state index contributed by atoms with van der Waals surface area (Å²) in [4.78, 5) is 5.33. The molecule has 1 aliphatic carbocycles. The van der Waals surface area contributed by atoms with E-state index in [1.165, 1.54) is 0 Å². The SMILES string of the molecule is OC[C@@H]1CC[C@H](Nc2ccnc3cc(-c4cccc(S)c4)nn23)C1. The monoisotopic (exact) mass is 340 g/mol. The Kier molecular flexibility index (Phi) is 4.16. The van der Waals surface area contributed by atoms with Crippen molar-refractivity contribution < 1.29 is 5.11 Å². The molecule has 1 fully saturated rings. The number of aliphatic hydroxyl groups is 1. The van der Waals surface area contributed by atoms with Crippen molar-refractivity contribution in [2.75, 3.05) is 11.9 Å². The van der Waals surface area contributed by atoms with E-state index < -0.39 is 0 Å². The van der Waals surface area contributed by atoms with E-state index in [1.807, 2.05) is 40.9 Å². The van der Waals surface area contributed by atoms with Gasteiger partial charge in [-0.2, -0.15) is 9.61 Å². The summed E-state index contributed by atoms with van der Waals surface area (Å²) < 4.78 is 1.85. The van der Waals surface area contributed by atoms with Gasteiger partial charge in [-0.25, -0.2) is 4.98 Å². The second kappa shape index (κ2) is 6.45. The summed E-state index contributed by atoms with van der Waals surface area (Å²) in [6.45, 7) is 0.274. The van der Waals surface area contributed by atoms with Gasteiger partial charge in [0.15, 0.2) is 5.65 Å². The topological polar surface area (TPSA) is 62.5 Å². The third-order valence-electron chi connectivity index (χ3n) is 4.65. The Hall–Kier alpha value is -2.05. The van der Waals surface area contributed by atoms with Crippen LogP contribution in [0.25, 0.3) is 16.9 Å². The molecule has 2 atom stereocenters. The van der Waals surface area contributed by atoms with Gasteiger partial charge in [-0.3, -0.25) is 0 Å². The number of nitrogens with one attached hydrogen (secondary N) is 1. The minimum absolute atomic E-state index is 0.274. The van der Waals surface area contributed by atoms with Crippen molar-refractivity contribution in [3.8, 4) is 11.3 Å². The number of hydrogen-bond acceptors (Lipinski definition) is 5. The Bertz CT molecular complexity index is 863. The molecule has 2 heterocycles.